The molecule has 1 aliphatic carbocycles. The van der Waals surface area contributed by atoms with E-state index < -0.39 is 0 Å². The van der Waals surface area contributed by atoms with Gasteiger partial charge in [0.25, 0.3) is 0 Å². The van der Waals surface area contributed by atoms with Crippen LogP contribution in [0.3, 0.4) is 0 Å². The smallest absolute Gasteiger partial charge is 0.0702 e. The third kappa shape index (κ3) is 2.17. The molecule has 0 amide bonds. The van der Waals surface area contributed by atoms with Crippen LogP contribution >= 0.6 is 0 Å². The zero-order chi connectivity index (χ0) is 11.7. The fourth-order valence-electron chi connectivity index (χ4n) is 2.78. The minimum absolute atomic E-state index is 0.710. The molecule has 0 unspecified atom stereocenters. The lowest BCUT2D eigenvalue weighted by atomic mass is 9.96. The lowest BCUT2D eigenvalue weighted by Crippen LogP contribution is -2.06. The van der Waals surface area contributed by atoms with Crippen LogP contribution in [0.5, 0.6) is 0 Å². The second kappa shape index (κ2) is 4.44. The summed E-state index contributed by atoms with van der Waals surface area (Å²) in [5.41, 5.74) is 5.03. The Bertz CT molecular complexity index is 468. The zero-order valence-corrected chi connectivity index (χ0v) is 10.3. The average Bonchev–Trinajstić information content (AvgIpc) is 2.70. The Labute approximate surface area is 102 Å². The van der Waals surface area contributed by atoms with E-state index in [-0.39, 0.29) is 0 Å². The highest BCUT2D eigenvalue weighted by Crippen LogP contribution is 2.29. The lowest BCUT2D eigenvalue weighted by molar-refractivity contribution is 0.627. The van der Waals surface area contributed by atoms with Gasteiger partial charge in [-0.2, -0.15) is 10.2 Å². The summed E-state index contributed by atoms with van der Waals surface area (Å²) >= 11 is 0. The normalized spacial score (nSPS) is 23.7. The van der Waals surface area contributed by atoms with Gasteiger partial charge in [-0.05, 0) is 50.5 Å². The maximum absolute atomic E-state index is 4.47. The highest BCUT2D eigenvalue weighted by Gasteiger charge is 2.25. The summed E-state index contributed by atoms with van der Waals surface area (Å²) in [4.78, 5) is 0. The number of rotatable bonds is 1. The number of hydrogen-bond acceptors (Lipinski definition) is 2. The standard InChI is InChI=1S/C15H18N2/c1-11-5-7-13(8-6-11)15-10-9-12-3-2-4-14(12)16-17-15/h5-8,12H,2-4,9-10H2,1H3/t12-/m1/s1. The molecule has 1 aromatic rings. The van der Waals surface area contributed by atoms with Crippen LogP contribution in [0.2, 0.25) is 0 Å². The summed E-state index contributed by atoms with van der Waals surface area (Å²) in [7, 11) is 0. The molecule has 1 aliphatic heterocycles. The van der Waals surface area contributed by atoms with Gasteiger partial charge < -0.3 is 0 Å². The van der Waals surface area contributed by atoms with E-state index in [2.05, 4.69) is 41.4 Å². The Kier molecular flexibility index (Phi) is 2.79. The van der Waals surface area contributed by atoms with Crippen molar-refractivity contribution in [2.45, 2.75) is 39.0 Å². The van der Waals surface area contributed by atoms with Crippen molar-refractivity contribution in [2.24, 2.45) is 16.1 Å². The van der Waals surface area contributed by atoms with E-state index in [4.69, 9.17) is 0 Å². The monoisotopic (exact) mass is 226 g/mol. The second-order valence-corrected chi connectivity index (χ2v) is 5.13. The highest BCUT2D eigenvalue weighted by molar-refractivity contribution is 6.02. The van der Waals surface area contributed by atoms with Gasteiger partial charge in [0.1, 0.15) is 0 Å². The van der Waals surface area contributed by atoms with Crippen LogP contribution in [0, 0.1) is 12.8 Å². The molecule has 0 N–H and O–H groups in total. The van der Waals surface area contributed by atoms with Crippen LogP contribution in [-0.2, 0) is 0 Å². The first kappa shape index (κ1) is 10.7. The summed E-state index contributed by atoms with van der Waals surface area (Å²) in [6, 6.07) is 8.62. The van der Waals surface area contributed by atoms with Crippen LogP contribution < -0.4 is 0 Å². The fourth-order valence-corrected chi connectivity index (χ4v) is 2.78. The van der Waals surface area contributed by atoms with Crippen molar-refractivity contribution < 1.29 is 0 Å². The summed E-state index contributed by atoms with van der Waals surface area (Å²) in [5.74, 6) is 0.710. The van der Waals surface area contributed by atoms with E-state index in [0.29, 0.717) is 5.92 Å². The molecule has 88 valence electrons. The zero-order valence-electron chi connectivity index (χ0n) is 10.3. The molecule has 0 radical (unpaired) electrons. The molecule has 0 bridgehead atoms. The molecule has 0 aromatic heterocycles. The molecule has 0 spiro atoms. The fraction of sp³-hybridized carbons (Fsp3) is 0.467. The first-order valence-corrected chi connectivity index (χ1v) is 6.53. The molecule has 2 nitrogen and oxygen atoms in total. The van der Waals surface area contributed by atoms with Crippen molar-refractivity contribution in [3.05, 3.63) is 35.4 Å². The molecule has 2 aliphatic rings. The van der Waals surface area contributed by atoms with Gasteiger partial charge in [0.2, 0.25) is 0 Å². The Morgan fingerprint density at radius 2 is 1.82 bits per heavy atom. The number of aryl methyl sites for hydroxylation is 1. The quantitative estimate of drug-likeness (QED) is 0.697. The molecule has 1 fully saturated rings. The SMILES string of the molecule is Cc1ccc(C2=NN=C3CCC[C@@H]3CC2)cc1. The van der Waals surface area contributed by atoms with Gasteiger partial charge in [-0.25, -0.2) is 0 Å². The van der Waals surface area contributed by atoms with Crippen molar-refractivity contribution in [2.75, 3.05) is 0 Å². The number of hydrogen-bond donors (Lipinski definition) is 0. The van der Waals surface area contributed by atoms with Crippen molar-refractivity contribution >= 4 is 11.4 Å². The maximum Gasteiger partial charge on any atom is 0.0702 e. The molecule has 1 heterocycles. The van der Waals surface area contributed by atoms with Crippen LogP contribution in [0.4, 0.5) is 0 Å². The van der Waals surface area contributed by atoms with Crippen molar-refractivity contribution in [1.82, 2.24) is 0 Å². The molecule has 1 atom stereocenters. The maximum atomic E-state index is 4.47. The van der Waals surface area contributed by atoms with Gasteiger partial charge in [-0.1, -0.05) is 29.8 Å². The van der Waals surface area contributed by atoms with Crippen LogP contribution in [-0.4, -0.2) is 11.4 Å². The molecular formula is C15H18N2. The molecule has 2 heteroatoms. The summed E-state index contributed by atoms with van der Waals surface area (Å²) in [5, 5.41) is 8.94. The van der Waals surface area contributed by atoms with Crippen molar-refractivity contribution in [3.8, 4) is 0 Å². The summed E-state index contributed by atoms with van der Waals surface area (Å²) < 4.78 is 0. The molecule has 1 saturated carbocycles. The lowest BCUT2D eigenvalue weighted by Gasteiger charge is -2.07. The molecular weight excluding hydrogens is 208 g/mol. The molecule has 3 rings (SSSR count). The van der Waals surface area contributed by atoms with Gasteiger partial charge in [-0.15, -0.1) is 0 Å². The minimum atomic E-state index is 0.710. The Morgan fingerprint density at radius 3 is 2.65 bits per heavy atom. The largest absolute Gasteiger partial charge is 0.160 e. The first-order chi connectivity index (χ1) is 8.33. The molecule has 0 saturated heterocycles. The predicted molar refractivity (Wildman–Crippen MR) is 71.7 cm³/mol. The van der Waals surface area contributed by atoms with Crippen LogP contribution in [0.15, 0.2) is 34.5 Å². The van der Waals surface area contributed by atoms with E-state index in [1.165, 1.54) is 36.1 Å². The third-order valence-corrected chi connectivity index (χ3v) is 3.87. The van der Waals surface area contributed by atoms with Crippen molar-refractivity contribution in [1.29, 1.82) is 0 Å². The second-order valence-electron chi connectivity index (χ2n) is 5.13. The van der Waals surface area contributed by atoms with Gasteiger partial charge in [0, 0.05) is 5.71 Å². The topological polar surface area (TPSA) is 24.7 Å². The highest BCUT2D eigenvalue weighted by atomic mass is 15.2. The van der Waals surface area contributed by atoms with E-state index in [0.717, 1.165) is 18.6 Å². The van der Waals surface area contributed by atoms with E-state index >= 15 is 0 Å². The Hall–Kier alpha value is -1.44. The van der Waals surface area contributed by atoms with E-state index in [1.54, 1.807) is 0 Å². The Balaban J connectivity index is 1.87. The third-order valence-electron chi connectivity index (χ3n) is 3.87. The molecule has 17 heavy (non-hydrogen) atoms. The number of benzene rings is 1. The summed E-state index contributed by atoms with van der Waals surface area (Å²) in [6.07, 6.45) is 6.08. The van der Waals surface area contributed by atoms with Crippen molar-refractivity contribution in [3.63, 3.8) is 0 Å². The van der Waals surface area contributed by atoms with E-state index in [9.17, 15) is 0 Å². The number of nitrogens with zero attached hydrogens (tertiary/aromatic N) is 2. The predicted octanol–water partition coefficient (Wildman–Crippen LogP) is 3.73. The van der Waals surface area contributed by atoms with Gasteiger partial charge in [0.15, 0.2) is 0 Å². The van der Waals surface area contributed by atoms with Gasteiger partial charge in [0.05, 0.1) is 5.71 Å². The van der Waals surface area contributed by atoms with Crippen LogP contribution in [0.1, 0.15) is 43.2 Å². The summed E-state index contributed by atoms with van der Waals surface area (Å²) in [6.45, 7) is 2.11. The number of fused-ring (bicyclic) bond motifs is 1. The average molecular weight is 226 g/mol. The molecule has 1 aromatic carbocycles. The Morgan fingerprint density at radius 1 is 1.00 bits per heavy atom. The van der Waals surface area contributed by atoms with Gasteiger partial charge in [-0.3, -0.25) is 0 Å². The van der Waals surface area contributed by atoms with E-state index in [1.807, 2.05) is 0 Å². The minimum Gasteiger partial charge on any atom is -0.160 e. The van der Waals surface area contributed by atoms with Gasteiger partial charge >= 0.3 is 0 Å². The first-order valence-electron chi connectivity index (χ1n) is 6.53. The van der Waals surface area contributed by atoms with Crippen LogP contribution in [0.25, 0.3) is 0 Å².